The number of nitrogens with zero attached hydrogens (tertiary/aromatic N) is 2. The number of nitrogens with one attached hydrogen (secondary N) is 1. The van der Waals surface area contributed by atoms with Crippen LogP contribution in [0.1, 0.15) is 38.7 Å². The highest BCUT2D eigenvalue weighted by Gasteiger charge is 2.35. The zero-order valence-electron chi connectivity index (χ0n) is 19.5. The van der Waals surface area contributed by atoms with Gasteiger partial charge in [-0.1, -0.05) is 18.7 Å². The van der Waals surface area contributed by atoms with E-state index >= 15 is 0 Å². The first-order chi connectivity index (χ1) is 15.8. The van der Waals surface area contributed by atoms with Crippen molar-refractivity contribution in [3.8, 4) is 0 Å². The summed E-state index contributed by atoms with van der Waals surface area (Å²) in [6.07, 6.45) is 10.9. The number of allylic oxidation sites excluding steroid dienone is 7. The molecule has 178 valence electrons. The number of H-pyrrole nitrogens is 1. The molecule has 1 aliphatic heterocycles. The molecule has 1 aromatic heterocycles. The van der Waals surface area contributed by atoms with E-state index in [0.29, 0.717) is 30.9 Å². The minimum atomic E-state index is -0.492. The Kier molecular flexibility index (Phi) is 8.63. The van der Waals surface area contributed by atoms with Gasteiger partial charge in [-0.05, 0) is 69.8 Å². The second-order valence-corrected chi connectivity index (χ2v) is 8.96. The van der Waals surface area contributed by atoms with Crippen molar-refractivity contribution in [2.45, 2.75) is 46.1 Å². The van der Waals surface area contributed by atoms with Gasteiger partial charge in [0.05, 0.1) is 18.8 Å². The first-order valence-electron chi connectivity index (χ1n) is 11.2. The average Bonchev–Trinajstić information content (AvgIpc) is 3.59. The van der Waals surface area contributed by atoms with E-state index in [1.54, 1.807) is 6.92 Å². The Morgan fingerprint density at radius 1 is 1.36 bits per heavy atom. The lowest BCUT2D eigenvalue weighted by atomic mass is 10.1. The van der Waals surface area contributed by atoms with Gasteiger partial charge >= 0.3 is 0 Å². The fourth-order valence-electron chi connectivity index (χ4n) is 3.71. The van der Waals surface area contributed by atoms with Crippen molar-refractivity contribution in [3.63, 3.8) is 0 Å². The van der Waals surface area contributed by atoms with Gasteiger partial charge in [0.2, 0.25) is 0 Å². The number of hydrogen-bond donors (Lipinski definition) is 1. The van der Waals surface area contributed by atoms with Crippen molar-refractivity contribution in [1.82, 2.24) is 9.27 Å². The molecule has 0 radical (unpaired) electrons. The van der Waals surface area contributed by atoms with Crippen LogP contribution in [0.4, 0.5) is 9.39 Å². The molecule has 8 heteroatoms. The Hall–Kier alpha value is -2.71. The fourth-order valence-corrected chi connectivity index (χ4v) is 4.65. The summed E-state index contributed by atoms with van der Waals surface area (Å²) in [5, 5.41) is 0.731. The molecular weight excluding hydrogens is 441 g/mol. The zero-order valence-corrected chi connectivity index (χ0v) is 20.3. The molecular formula is C25H32FN3O3S. The molecule has 0 unspecified atom stereocenters. The average molecular weight is 474 g/mol. The largest absolute Gasteiger partial charge is 0.378 e. The van der Waals surface area contributed by atoms with Crippen LogP contribution in [0.2, 0.25) is 0 Å². The minimum Gasteiger partial charge on any atom is -0.378 e. The Morgan fingerprint density at radius 2 is 2.06 bits per heavy atom. The highest BCUT2D eigenvalue weighted by Crippen LogP contribution is 2.39. The van der Waals surface area contributed by atoms with Crippen molar-refractivity contribution in [2.75, 3.05) is 31.2 Å². The summed E-state index contributed by atoms with van der Waals surface area (Å²) in [5.41, 5.74) is 2.14. The first-order valence-corrected chi connectivity index (χ1v) is 12.1. The number of halogens is 1. The van der Waals surface area contributed by atoms with Crippen molar-refractivity contribution < 1.29 is 13.9 Å². The molecule has 0 bridgehead atoms. The van der Waals surface area contributed by atoms with E-state index in [2.05, 4.69) is 15.9 Å². The van der Waals surface area contributed by atoms with E-state index in [4.69, 9.17) is 4.74 Å². The van der Waals surface area contributed by atoms with Crippen LogP contribution in [0.25, 0.3) is 0 Å². The molecule has 0 atom stereocenters. The quantitative estimate of drug-likeness (QED) is 0.391. The predicted octanol–water partition coefficient (Wildman–Crippen LogP) is 4.78. The summed E-state index contributed by atoms with van der Waals surface area (Å²) in [6, 6.07) is 0.166. The topological polar surface area (TPSA) is 65.6 Å². The first kappa shape index (κ1) is 24.9. The van der Waals surface area contributed by atoms with E-state index < -0.39 is 5.83 Å². The molecule has 2 heterocycles. The van der Waals surface area contributed by atoms with Gasteiger partial charge in [-0.25, -0.2) is 4.39 Å². The van der Waals surface area contributed by atoms with Gasteiger partial charge in [0.15, 0.2) is 5.78 Å². The van der Waals surface area contributed by atoms with Gasteiger partial charge in [-0.2, -0.15) is 0 Å². The summed E-state index contributed by atoms with van der Waals surface area (Å²) in [7, 11) is 0. The van der Waals surface area contributed by atoms with E-state index in [1.807, 2.05) is 30.1 Å². The molecule has 1 aliphatic carbocycles. The number of carbonyl (C=O) groups is 1. The molecule has 1 saturated heterocycles. The van der Waals surface area contributed by atoms with Gasteiger partial charge in [-0.15, -0.1) is 0 Å². The van der Waals surface area contributed by atoms with Crippen molar-refractivity contribution in [2.24, 2.45) is 0 Å². The standard InChI is InChI=1S/C25H32FN3O3S/c1-5-21(28-12-14-32-15-13-28)9-7-6-8-20(26)16-23(19(4)30)18(3)29(22-10-11-22)25-17(2)24(31)27-33-25/h5,7-9,16,22H,3,6,10-15H2,1-2,4H3,(H,27,31)/b9-7-,20-8-,21-5+,23-16+. The number of ether oxygens (including phenoxy) is 1. The van der Waals surface area contributed by atoms with Crippen LogP contribution < -0.4 is 10.5 Å². The monoisotopic (exact) mass is 473 g/mol. The molecule has 3 rings (SSSR count). The smallest absolute Gasteiger partial charge is 0.263 e. The number of hydrogen-bond acceptors (Lipinski definition) is 6. The zero-order chi connectivity index (χ0) is 24.0. The van der Waals surface area contributed by atoms with E-state index in [0.717, 1.165) is 36.6 Å². The van der Waals surface area contributed by atoms with E-state index in [-0.39, 0.29) is 23.0 Å². The molecule has 0 aromatic carbocycles. The number of aromatic nitrogens is 1. The van der Waals surface area contributed by atoms with E-state index in [1.165, 1.54) is 30.6 Å². The molecule has 1 N–H and O–H groups in total. The SMILES string of the molecule is C=C(/C(=C\C(F)=C\C/C=C\C(=C/C)N1CCOCC1)C(C)=O)N(c1s[nH]c(=O)c1C)C1CC1. The predicted molar refractivity (Wildman–Crippen MR) is 132 cm³/mol. The molecule has 33 heavy (non-hydrogen) atoms. The van der Waals surface area contributed by atoms with Crippen molar-refractivity contribution in [3.05, 3.63) is 75.7 Å². The number of morpholine rings is 1. The number of carbonyl (C=O) groups excluding carboxylic acids is 1. The molecule has 1 saturated carbocycles. The van der Waals surface area contributed by atoms with Crippen LogP contribution >= 0.6 is 11.5 Å². The minimum absolute atomic E-state index is 0.155. The maximum absolute atomic E-state index is 14.7. The molecule has 2 aliphatic rings. The van der Waals surface area contributed by atoms with Gasteiger partial charge in [-0.3, -0.25) is 14.0 Å². The van der Waals surface area contributed by atoms with Crippen LogP contribution in [0.5, 0.6) is 0 Å². The summed E-state index contributed by atoms with van der Waals surface area (Å²) < 4.78 is 22.9. The van der Waals surface area contributed by atoms with Crippen molar-refractivity contribution >= 4 is 22.3 Å². The summed E-state index contributed by atoms with van der Waals surface area (Å²) >= 11 is 1.22. The number of Topliss-reactive ketones (excluding diaryl/α,β-unsaturated/α-hetero) is 1. The highest BCUT2D eigenvalue weighted by molar-refractivity contribution is 7.10. The summed E-state index contributed by atoms with van der Waals surface area (Å²) in [4.78, 5) is 28.4. The van der Waals surface area contributed by atoms with Crippen molar-refractivity contribution in [1.29, 1.82) is 0 Å². The third-order valence-electron chi connectivity index (χ3n) is 5.71. The highest BCUT2D eigenvalue weighted by atomic mass is 32.1. The molecule has 2 fully saturated rings. The second kappa shape index (κ2) is 11.4. The lowest BCUT2D eigenvalue weighted by molar-refractivity contribution is -0.113. The molecule has 0 spiro atoms. The van der Waals surface area contributed by atoms with Crippen LogP contribution in [-0.4, -0.2) is 47.4 Å². The number of rotatable bonds is 10. The van der Waals surface area contributed by atoms with Crippen LogP contribution in [0.3, 0.4) is 0 Å². The second-order valence-electron chi connectivity index (χ2n) is 8.17. The van der Waals surface area contributed by atoms with Gasteiger partial charge in [0, 0.05) is 36.1 Å². The number of aromatic amines is 1. The third kappa shape index (κ3) is 6.42. The van der Waals surface area contributed by atoms with Crippen LogP contribution in [0, 0.1) is 6.92 Å². The maximum atomic E-state index is 14.7. The van der Waals surface area contributed by atoms with E-state index in [9.17, 15) is 14.0 Å². The van der Waals surface area contributed by atoms with Gasteiger partial charge < -0.3 is 14.5 Å². The molecule has 1 aromatic rings. The normalized spacial score (nSPS) is 18.2. The van der Waals surface area contributed by atoms with Crippen LogP contribution in [-0.2, 0) is 9.53 Å². The molecule has 6 nitrogen and oxygen atoms in total. The molecule has 0 amide bonds. The lowest BCUT2D eigenvalue weighted by Crippen LogP contribution is -2.35. The number of ketones is 1. The number of anilines is 1. The Balaban J connectivity index is 1.73. The fraction of sp³-hybridized carbons (Fsp3) is 0.440. The van der Waals surface area contributed by atoms with Crippen LogP contribution in [0.15, 0.2) is 64.5 Å². The Labute approximate surface area is 198 Å². The summed E-state index contributed by atoms with van der Waals surface area (Å²) in [5.74, 6) is -0.761. The third-order valence-corrected chi connectivity index (χ3v) is 6.69. The van der Waals surface area contributed by atoms with Gasteiger partial charge in [0.1, 0.15) is 10.8 Å². The maximum Gasteiger partial charge on any atom is 0.263 e. The summed E-state index contributed by atoms with van der Waals surface area (Å²) in [6.45, 7) is 12.3. The van der Waals surface area contributed by atoms with Gasteiger partial charge in [0.25, 0.3) is 5.56 Å². The lowest BCUT2D eigenvalue weighted by Gasteiger charge is -2.29. The Bertz CT molecular complexity index is 1050. The Morgan fingerprint density at radius 3 is 2.61 bits per heavy atom.